The van der Waals surface area contributed by atoms with Gasteiger partial charge in [-0.1, -0.05) is 17.7 Å². The van der Waals surface area contributed by atoms with Gasteiger partial charge in [-0.3, -0.25) is 9.78 Å². The van der Waals surface area contributed by atoms with Crippen molar-refractivity contribution < 1.29 is 9.90 Å². The Labute approximate surface area is 159 Å². The number of nitrogens with zero attached hydrogens (tertiary/aromatic N) is 2. The number of aromatic nitrogens is 1. The Morgan fingerprint density at radius 3 is 3.08 bits per heavy atom. The quantitative estimate of drug-likeness (QED) is 0.762. The number of hydrogen-bond donors (Lipinski definition) is 2. The molecule has 1 amide bonds. The highest BCUT2D eigenvalue weighted by Gasteiger charge is 2.18. The van der Waals surface area contributed by atoms with E-state index in [9.17, 15) is 9.90 Å². The van der Waals surface area contributed by atoms with Crippen molar-refractivity contribution in [3.8, 4) is 0 Å². The summed E-state index contributed by atoms with van der Waals surface area (Å²) in [5.41, 5.74) is 2.18. The Morgan fingerprint density at radius 2 is 2.27 bits per heavy atom. The molecule has 6 heteroatoms. The van der Waals surface area contributed by atoms with Crippen LogP contribution in [0.1, 0.15) is 35.3 Å². The van der Waals surface area contributed by atoms with Crippen molar-refractivity contribution in [3.05, 3.63) is 40.5 Å². The molecule has 0 aliphatic carbocycles. The van der Waals surface area contributed by atoms with Crippen LogP contribution in [0.2, 0.25) is 5.02 Å². The number of piperidine rings is 1. The average molecular weight is 376 g/mol. The van der Waals surface area contributed by atoms with E-state index in [0.29, 0.717) is 23.0 Å². The molecule has 1 aromatic carbocycles. The van der Waals surface area contributed by atoms with E-state index in [4.69, 9.17) is 11.6 Å². The van der Waals surface area contributed by atoms with E-state index in [-0.39, 0.29) is 12.5 Å². The lowest BCUT2D eigenvalue weighted by Crippen LogP contribution is -2.38. The molecule has 2 N–H and O–H groups in total. The summed E-state index contributed by atoms with van der Waals surface area (Å²) in [6.45, 7) is 5.77. The summed E-state index contributed by atoms with van der Waals surface area (Å²) in [5, 5.41) is 13.8. The maximum atomic E-state index is 12.6. The van der Waals surface area contributed by atoms with E-state index >= 15 is 0 Å². The van der Waals surface area contributed by atoms with Gasteiger partial charge in [-0.15, -0.1) is 0 Å². The maximum absolute atomic E-state index is 12.6. The third-order valence-corrected chi connectivity index (χ3v) is 5.18. The number of halogens is 1. The van der Waals surface area contributed by atoms with Crippen LogP contribution in [-0.2, 0) is 0 Å². The number of aliphatic hydroxyl groups excluding tert-OH is 1. The first-order valence-corrected chi connectivity index (χ1v) is 9.63. The third kappa shape index (κ3) is 4.72. The number of aliphatic hydroxyl groups is 1. The van der Waals surface area contributed by atoms with Crippen LogP contribution in [0.25, 0.3) is 10.9 Å². The second-order valence-corrected chi connectivity index (χ2v) is 7.51. The first kappa shape index (κ1) is 19.1. The van der Waals surface area contributed by atoms with Crippen molar-refractivity contribution in [3.63, 3.8) is 0 Å². The van der Waals surface area contributed by atoms with E-state index in [2.05, 4.69) is 15.2 Å². The summed E-state index contributed by atoms with van der Waals surface area (Å²) >= 11 is 6.04. The van der Waals surface area contributed by atoms with Gasteiger partial charge in [-0.25, -0.2) is 0 Å². The zero-order valence-electron chi connectivity index (χ0n) is 15.2. The summed E-state index contributed by atoms with van der Waals surface area (Å²) in [7, 11) is 0. The molecular formula is C20H26ClN3O2. The molecule has 0 saturated carbocycles. The third-order valence-electron chi connectivity index (χ3n) is 4.94. The fraction of sp³-hybridized carbons (Fsp3) is 0.500. The summed E-state index contributed by atoms with van der Waals surface area (Å²) in [6, 6.07) is 7.24. The Bertz CT molecular complexity index is 776. The number of carbonyl (C=O) groups excluding carboxylic acids is 1. The highest BCUT2D eigenvalue weighted by molar-refractivity contribution is 6.31. The molecule has 1 saturated heterocycles. The van der Waals surface area contributed by atoms with Gasteiger partial charge in [0.15, 0.2) is 0 Å². The monoisotopic (exact) mass is 375 g/mol. The van der Waals surface area contributed by atoms with Gasteiger partial charge in [0.1, 0.15) is 0 Å². The lowest BCUT2D eigenvalue weighted by atomic mass is 9.99. The van der Waals surface area contributed by atoms with Gasteiger partial charge in [0.05, 0.1) is 11.1 Å². The maximum Gasteiger partial charge on any atom is 0.252 e. The van der Waals surface area contributed by atoms with Crippen molar-refractivity contribution in [2.45, 2.75) is 26.2 Å². The predicted molar refractivity (Wildman–Crippen MR) is 105 cm³/mol. The molecular weight excluding hydrogens is 350 g/mol. The van der Waals surface area contributed by atoms with Gasteiger partial charge in [-0.05, 0) is 63.4 Å². The van der Waals surface area contributed by atoms with Crippen molar-refractivity contribution in [1.82, 2.24) is 15.2 Å². The fourth-order valence-corrected chi connectivity index (χ4v) is 3.79. The Hall–Kier alpha value is -1.69. The molecule has 140 valence electrons. The number of fused-ring (bicyclic) bond motifs is 1. The number of aryl methyl sites for hydroxylation is 1. The van der Waals surface area contributed by atoms with Gasteiger partial charge >= 0.3 is 0 Å². The van der Waals surface area contributed by atoms with Crippen LogP contribution in [0.3, 0.4) is 0 Å². The standard InChI is InChI=1S/C20H26ClN3O2/c1-14-10-18(17-6-5-16(21)11-19(17)23-14)20(26)22-7-3-9-24-8-2-4-15(12-24)13-25/h5-6,10-11,15,25H,2-4,7-9,12-13H2,1H3,(H,22,26). The number of pyridine rings is 1. The number of nitrogens with one attached hydrogen (secondary N) is 1. The molecule has 2 heterocycles. The van der Waals surface area contributed by atoms with Crippen LogP contribution in [0.4, 0.5) is 0 Å². The number of likely N-dealkylation sites (tertiary alicyclic amines) is 1. The van der Waals surface area contributed by atoms with Gasteiger partial charge in [0.25, 0.3) is 5.91 Å². The zero-order chi connectivity index (χ0) is 18.5. The molecule has 2 aromatic rings. The van der Waals surface area contributed by atoms with Gasteiger partial charge in [0.2, 0.25) is 0 Å². The lowest BCUT2D eigenvalue weighted by Gasteiger charge is -2.31. The van der Waals surface area contributed by atoms with E-state index < -0.39 is 0 Å². The Morgan fingerprint density at radius 1 is 1.42 bits per heavy atom. The highest BCUT2D eigenvalue weighted by atomic mass is 35.5. The lowest BCUT2D eigenvalue weighted by molar-refractivity contribution is 0.0948. The zero-order valence-corrected chi connectivity index (χ0v) is 15.9. The summed E-state index contributed by atoms with van der Waals surface area (Å²) < 4.78 is 0. The molecule has 1 fully saturated rings. The molecule has 1 atom stereocenters. The van der Waals surface area contributed by atoms with Crippen LogP contribution in [-0.4, -0.2) is 53.7 Å². The topological polar surface area (TPSA) is 65.5 Å². The summed E-state index contributed by atoms with van der Waals surface area (Å²) in [6.07, 6.45) is 3.16. The van der Waals surface area contributed by atoms with Crippen LogP contribution < -0.4 is 5.32 Å². The van der Waals surface area contributed by atoms with Gasteiger partial charge in [0, 0.05) is 35.8 Å². The van der Waals surface area contributed by atoms with Crippen LogP contribution in [0.15, 0.2) is 24.3 Å². The molecule has 1 aliphatic heterocycles. The average Bonchev–Trinajstić information content (AvgIpc) is 2.64. The molecule has 3 rings (SSSR count). The first-order chi connectivity index (χ1) is 12.6. The second kappa shape index (κ2) is 8.80. The normalized spacial score (nSPS) is 18.2. The van der Waals surface area contributed by atoms with Crippen molar-refractivity contribution in [2.75, 3.05) is 32.8 Å². The molecule has 0 radical (unpaired) electrons. The summed E-state index contributed by atoms with van der Waals surface area (Å²) in [5.74, 6) is 0.325. The van der Waals surface area contributed by atoms with Gasteiger partial charge in [-0.2, -0.15) is 0 Å². The van der Waals surface area contributed by atoms with Crippen LogP contribution in [0, 0.1) is 12.8 Å². The van der Waals surface area contributed by atoms with Crippen LogP contribution >= 0.6 is 11.6 Å². The summed E-state index contributed by atoms with van der Waals surface area (Å²) in [4.78, 5) is 19.5. The predicted octanol–water partition coefficient (Wildman–Crippen LogP) is 3.02. The van der Waals surface area contributed by atoms with Crippen molar-refractivity contribution in [1.29, 1.82) is 0 Å². The first-order valence-electron chi connectivity index (χ1n) is 9.25. The molecule has 1 aromatic heterocycles. The van der Waals surface area contributed by atoms with E-state index in [1.54, 1.807) is 12.1 Å². The van der Waals surface area contributed by atoms with Crippen molar-refractivity contribution >= 4 is 28.4 Å². The molecule has 26 heavy (non-hydrogen) atoms. The number of rotatable bonds is 6. The molecule has 0 bridgehead atoms. The minimum atomic E-state index is -0.0744. The molecule has 1 unspecified atom stereocenters. The Balaban J connectivity index is 1.56. The number of benzene rings is 1. The number of carbonyl (C=O) groups is 1. The number of amides is 1. The van der Waals surface area contributed by atoms with Crippen molar-refractivity contribution in [2.24, 2.45) is 5.92 Å². The molecule has 0 spiro atoms. The SMILES string of the molecule is Cc1cc(C(=O)NCCCN2CCCC(CO)C2)c2ccc(Cl)cc2n1. The molecule has 5 nitrogen and oxygen atoms in total. The van der Waals surface area contributed by atoms with Gasteiger partial charge < -0.3 is 15.3 Å². The second-order valence-electron chi connectivity index (χ2n) is 7.07. The smallest absolute Gasteiger partial charge is 0.252 e. The fourth-order valence-electron chi connectivity index (χ4n) is 3.63. The number of hydrogen-bond acceptors (Lipinski definition) is 4. The van der Waals surface area contributed by atoms with Crippen LogP contribution in [0.5, 0.6) is 0 Å². The minimum Gasteiger partial charge on any atom is -0.396 e. The van der Waals surface area contributed by atoms with E-state index in [0.717, 1.165) is 55.5 Å². The molecule has 1 aliphatic rings. The van der Waals surface area contributed by atoms with E-state index in [1.807, 2.05) is 19.1 Å². The minimum absolute atomic E-state index is 0.0744. The van der Waals surface area contributed by atoms with E-state index in [1.165, 1.54) is 0 Å². The largest absolute Gasteiger partial charge is 0.396 e. The highest BCUT2D eigenvalue weighted by Crippen LogP contribution is 2.22. The Kier molecular flexibility index (Phi) is 6.46.